The van der Waals surface area contributed by atoms with Gasteiger partial charge in [-0.2, -0.15) is 13.2 Å². The first kappa shape index (κ1) is 12.6. The Balaban J connectivity index is 2.14. The molecule has 0 aromatic carbocycles. The number of hydrogen-bond donors (Lipinski definition) is 1. The van der Waals surface area contributed by atoms with Crippen LogP contribution in [0.4, 0.5) is 19.0 Å². The van der Waals surface area contributed by atoms with Crippen molar-refractivity contribution in [2.75, 3.05) is 24.5 Å². The lowest BCUT2D eigenvalue weighted by Gasteiger charge is -2.27. The van der Waals surface area contributed by atoms with E-state index in [0.29, 0.717) is 18.9 Å². The minimum Gasteiger partial charge on any atom is -0.353 e. The number of aromatic nitrogens is 2. The Hall–Kier alpha value is -1.86. The van der Waals surface area contributed by atoms with Crippen LogP contribution in [-0.2, 0) is 11.2 Å². The van der Waals surface area contributed by atoms with Crippen LogP contribution in [0.15, 0.2) is 12.4 Å². The predicted molar refractivity (Wildman–Crippen MR) is 57.0 cm³/mol. The van der Waals surface area contributed by atoms with E-state index in [1.807, 2.05) is 0 Å². The molecule has 5 nitrogen and oxygen atoms in total. The number of piperazine rings is 1. The molecule has 1 N–H and O–H groups in total. The van der Waals surface area contributed by atoms with Crippen LogP contribution in [0.3, 0.4) is 0 Å². The minimum atomic E-state index is -4.30. The van der Waals surface area contributed by atoms with Gasteiger partial charge < -0.3 is 10.2 Å². The standard InChI is InChI=1S/C10H11F3N4O/c11-10(12,13)4-7-3-8(16-6-15-7)17-2-1-14-9(18)5-17/h3,6H,1-2,4-5H2,(H,14,18). The van der Waals surface area contributed by atoms with Crippen LogP contribution in [0.2, 0.25) is 0 Å². The number of amides is 1. The second kappa shape index (κ2) is 4.79. The van der Waals surface area contributed by atoms with Gasteiger partial charge in [0.15, 0.2) is 0 Å². The van der Waals surface area contributed by atoms with Crippen LogP contribution in [0.25, 0.3) is 0 Å². The molecule has 0 saturated carbocycles. The van der Waals surface area contributed by atoms with Gasteiger partial charge in [0.2, 0.25) is 5.91 Å². The predicted octanol–water partition coefficient (Wildman–Crippen LogP) is 0.518. The maximum Gasteiger partial charge on any atom is 0.394 e. The molecular formula is C10H11F3N4O. The zero-order chi connectivity index (χ0) is 13.2. The van der Waals surface area contributed by atoms with Gasteiger partial charge in [-0.25, -0.2) is 9.97 Å². The first-order valence-electron chi connectivity index (χ1n) is 5.33. The number of alkyl halides is 3. The first-order valence-corrected chi connectivity index (χ1v) is 5.33. The molecule has 0 bridgehead atoms. The summed E-state index contributed by atoms with van der Waals surface area (Å²) in [6.07, 6.45) is -4.31. The molecule has 2 rings (SSSR count). The molecule has 0 aliphatic carbocycles. The fourth-order valence-corrected chi connectivity index (χ4v) is 1.69. The maximum absolute atomic E-state index is 12.2. The summed E-state index contributed by atoms with van der Waals surface area (Å²) in [7, 11) is 0. The summed E-state index contributed by atoms with van der Waals surface area (Å²) in [5.74, 6) is 0.177. The van der Waals surface area contributed by atoms with E-state index in [1.54, 1.807) is 4.90 Å². The Labute approximate surface area is 101 Å². The van der Waals surface area contributed by atoms with E-state index in [9.17, 15) is 18.0 Å². The van der Waals surface area contributed by atoms with Crippen molar-refractivity contribution in [3.05, 3.63) is 18.1 Å². The largest absolute Gasteiger partial charge is 0.394 e. The number of carbonyl (C=O) groups excluding carboxylic acids is 1. The average molecular weight is 260 g/mol. The lowest BCUT2D eigenvalue weighted by Crippen LogP contribution is -2.48. The number of nitrogens with zero attached hydrogens (tertiary/aromatic N) is 3. The topological polar surface area (TPSA) is 58.1 Å². The molecule has 0 unspecified atom stereocenters. The third kappa shape index (κ3) is 3.31. The minimum absolute atomic E-state index is 0.0986. The summed E-state index contributed by atoms with van der Waals surface area (Å²) < 4.78 is 36.7. The van der Waals surface area contributed by atoms with Crippen LogP contribution in [-0.4, -0.2) is 41.7 Å². The fraction of sp³-hybridized carbons (Fsp3) is 0.500. The van der Waals surface area contributed by atoms with Gasteiger partial charge in [-0.1, -0.05) is 0 Å². The quantitative estimate of drug-likeness (QED) is 0.842. The highest BCUT2D eigenvalue weighted by atomic mass is 19.4. The van der Waals surface area contributed by atoms with Crippen LogP contribution >= 0.6 is 0 Å². The Morgan fingerprint density at radius 1 is 1.39 bits per heavy atom. The van der Waals surface area contributed by atoms with Gasteiger partial charge in [0.25, 0.3) is 0 Å². The van der Waals surface area contributed by atoms with Crippen molar-refractivity contribution in [2.24, 2.45) is 0 Å². The Bertz CT molecular complexity index is 449. The van der Waals surface area contributed by atoms with Crippen molar-refractivity contribution in [3.63, 3.8) is 0 Å². The van der Waals surface area contributed by atoms with Gasteiger partial charge in [0.1, 0.15) is 12.1 Å². The van der Waals surface area contributed by atoms with Gasteiger partial charge in [0, 0.05) is 19.2 Å². The number of carbonyl (C=O) groups is 1. The molecule has 1 aliphatic rings. The third-order valence-corrected chi connectivity index (χ3v) is 2.45. The highest BCUT2D eigenvalue weighted by Crippen LogP contribution is 2.21. The summed E-state index contributed by atoms with van der Waals surface area (Å²) in [6, 6.07) is 1.27. The summed E-state index contributed by atoms with van der Waals surface area (Å²) >= 11 is 0. The van der Waals surface area contributed by atoms with Crippen molar-refractivity contribution in [1.82, 2.24) is 15.3 Å². The second-order valence-corrected chi connectivity index (χ2v) is 3.93. The fourth-order valence-electron chi connectivity index (χ4n) is 1.69. The van der Waals surface area contributed by atoms with Crippen molar-refractivity contribution >= 4 is 11.7 Å². The molecule has 0 spiro atoms. The first-order chi connectivity index (χ1) is 8.44. The van der Waals surface area contributed by atoms with E-state index in [1.165, 1.54) is 6.07 Å². The van der Waals surface area contributed by atoms with Crippen molar-refractivity contribution in [1.29, 1.82) is 0 Å². The molecule has 1 aromatic heterocycles. The SMILES string of the molecule is O=C1CN(c2cc(CC(F)(F)F)ncn2)CCN1. The Kier molecular flexibility index (Phi) is 3.35. The van der Waals surface area contributed by atoms with E-state index in [-0.39, 0.29) is 18.1 Å². The zero-order valence-electron chi connectivity index (χ0n) is 9.37. The number of halogens is 3. The van der Waals surface area contributed by atoms with E-state index >= 15 is 0 Å². The molecule has 1 aromatic rings. The summed E-state index contributed by atoms with van der Waals surface area (Å²) in [5, 5.41) is 2.63. The molecule has 8 heteroatoms. The van der Waals surface area contributed by atoms with Crippen molar-refractivity contribution in [3.8, 4) is 0 Å². The van der Waals surface area contributed by atoms with E-state index in [2.05, 4.69) is 15.3 Å². The van der Waals surface area contributed by atoms with Gasteiger partial charge in [-0.3, -0.25) is 4.79 Å². The van der Waals surface area contributed by atoms with Gasteiger partial charge in [0.05, 0.1) is 18.7 Å². The summed E-state index contributed by atoms with van der Waals surface area (Å²) in [4.78, 5) is 20.3. The monoisotopic (exact) mass is 260 g/mol. The molecule has 1 aliphatic heterocycles. The Morgan fingerprint density at radius 3 is 2.83 bits per heavy atom. The molecule has 2 heterocycles. The van der Waals surface area contributed by atoms with Gasteiger partial charge >= 0.3 is 6.18 Å². The number of nitrogens with one attached hydrogen (secondary N) is 1. The number of anilines is 1. The number of rotatable bonds is 2. The molecule has 98 valence electrons. The second-order valence-electron chi connectivity index (χ2n) is 3.93. The van der Waals surface area contributed by atoms with Crippen LogP contribution in [0.5, 0.6) is 0 Å². The van der Waals surface area contributed by atoms with Gasteiger partial charge in [-0.15, -0.1) is 0 Å². The highest BCUT2D eigenvalue weighted by molar-refractivity contribution is 5.82. The van der Waals surface area contributed by atoms with E-state index < -0.39 is 12.6 Å². The van der Waals surface area contributed by atoms with Crippen molar-refractivity contribution in [2.45, 2.75) is 12.6 Å². The Morgan fingerprint density at radius 2 is 2.17 bits per heavy atom. The maximum atomic E-state index is 12.2. The highest BCUT2D eigenvalue weighted by Gasteiger charge is 2.29. The smallest absolute Gasteiger partial charge is 0.353 e. The molecule has 0 atom stereocenters. The molecular weight excluding hydrogens is 249 g/mol. The average Bonchev–Trinajstić information content (AvgIpc) is 2.27. The molecule has 1 fully saturated rings. The summed E-state index contributed by atoms with van der Waals surface area (Å²) in [5.41, 5.74) is -0.0986. The number of hydrogen-bond acceptors (Lipinski definition) is 4. The molecule has 1 amide bonds. The van der Waals surface area contributed by atoms with Crippen molar-refractivity contribution < 1.29 is 18.0 Å². The molecule has 0 radical (unpaired) electrons. The van der Waals surface area contributed by atoms with E-state index in [0.717, 1.165) is 6.33 Å². The lowest BCUT2D eigenvalue weighted by atomic mass is 10.2. The van der Waals surface area contributed by atoms with E-state index in [4.69, 9.17) is 0 Å². The van der Waals surface area contributed by atoms with Crippen LogP contribution in [0.1, 0.15) is 5.69 Å². The van der Waals surface area contributed by atoms with Crippen LogP contribution < -0.4 is 10.2 Å². The zero-order valence-corrected chi connectivity index (χ0v) is 9.37. The van der Waals surface area contributed by atoms with Crippen LogP contribution in [0, 0.1) is 0 Å². The normalized spacial score (nSPS) is 16.6. The van der Waals surface area contributed by atoms with Gasteiger partial charge in [-0.05, 0) is 0 Å². The summed E-state index contributed by atoms with van der Waals surface area (Å²) in [6.45, 7) is 1.08. The lowest BCUT2D eigenvalue weighted by molar-refractivity contribution is -0.128. The molecule has 1 saturated heterocycles. The third-order valence-electron chi connectivity index (χ3n) is 2.45. The molecule has 18 heavy (non-hydrogen) atoms.